The Bertz CT molecular complexity index is 424. The summed E-state index contributed by atoms with van der Waals surface area (Å²) in [6.45, 7) is 3.26. The normalized spacial score (nSPS) is 39.1. The monoisotopic (exact) mass is 254 g/mol. The molecule has 3 rings (SSSR count). The molecule has 0 aromatic heterocycles. The minimum absolute atomic E-state index is 0.0308. The molecule has 2 bridgehead atoms. The van der Waals surface area contributed by atoms with Crippen molar-refractivity contribution in [3.8, 4) is 0 Å². The summed E-state index contributed by atoms with van der Waals surface area (Å²) in [4.78, 5) is 8.53. The lowest BCUT2D eigenvalue weighted by Gasteiger charge is -2.26. The van der Waals surface area contributed by atoms with Crippen LogP contribution in [0.4, 0.5) is 8.78 Å². The van der Waals surface area contributed by atoms with Gasteiger partial charge in [-0.25, -0.2) is 13.8 Å². The van der Waals surface area contributed by atoms with E-state index in [4.69, 9.17) is 0 Å². The van der Waals surface area contributed by atoms with Crippen molar-refractivity contribution in [3.05, 3.63) is 0 Å². The zero-order valence-corrected chi connectivity index (χ0v) is 11.1. The second kappa shape index (κ2) is 3.61. The van der Waals surface area contributed by atoms with E-state index >= 15 is 0 Å². The second-order valence-electron chi connectivity index (χ2n) is 6.40. The van der Waals surface area contributed by atoms with Crippen molar-refractivity contribution >= 4 is 11.5 Å². The van der Waals surface area contributed by atoms with Crippen LogP contribution < -0.4 is 0 Å². The van der Waals surface area contributed by atoms with Gasteiger partial charge in [0.15, 0.2) is 0 Å². The molecule has 0 spiro atoms. The SMILES string of the molecule is CCC12CCC(C3=NCC(C(C)(F)F)=N3)(CC1)C2. The third-order valence-electron chi connectivity index (χ3n) is 5.33. The molecule has 2 nitrogen and oxygen atoms in total. The first-order valence-electron chi connectivity index (χ1n) is 6.90. The zero-order chi connectivity index (χ0) is 13.0. The van der Waals surface area contributed by atoms with Gasteiger partial charge in [-0.3, -0.25) is 4.99 Å². The molecular formula is C14H20F2N2. The van der Waals surface area contributed by atoms with Crippen LogP contribution in [0.25, 0.3) is 0 Å². The molecule has 1 heterocycles. The van der Waals surface area contributed by atoms with Gasteiger partial charge in [0.05, 0.1) is 6.54 Å². The number of hydrogen-bond donors (Lipinski definition) is 0. The highest BCUT2D eigenvalue weighted by molar-refractivity contribution is 6.09. The molecule has 0 radical (unpaired) electrons. The molecular weight excluding hydrogens is 234 g/mol. The first-order valence-corrected chi connectivity index (χ1v) is 6.90. The summed E-state index contributed by atoms with van der Waals surface area (Å²) in [6.07, 6.45) is 6.92. The molecule has 2 aliphatic carbocycles. The molecule has 100 valence electrons. The summed E-state index contributed by atoms with van der Waals surface area (Å²) in [7, 11) is 0. The van der Waals surface area contributed by atoms with E-state index in [0.29, 0.717) is 5.41 Å². The fourth-order valence-corrected chi connectivity index (χ4v) is 3.98. The molecule has 0 atom stereocenters. The highest BCUT2D eigenvalue weighted by Gasteiger charge is 2.56. The Hall–Kier alpha value is -0.800. The third kappa shape index (κ3) is 1.64. The van der Waals surface area contributed by atoms with E-state index in [1.54, 1.807) is 0 Å². The maximum absolute atomic E-state index is 13.3. The van der Waals surface area contributed by atoms with E-state index in [1.165, 1.54) is 19.3 Å². The average Bonchev–Trinajstić information content (AvgIpc) is 3.02. The molecule has 0 amide bonds. The van der Waals surface area contributed by atoms with Crippen LogP contribution in [0.2, 0.25) is 0 Å². The first kappa shape index (κ1) is 12.2. The van der Waals surface area contributed by atoms with E-state index in [1.807, 2.05) is 0 Å². The minimum atomic E-state index is -2.82. The van der Waals surface area contributed by atoms with E-state index in [9.17, 15) is 8.78 Å². The molecule has 2 fully saturated rings. The Balaban J connectivity index is 1.84. The van der Waals surface area contributed by atoms with Crippen molar-refractivity contribution in [2.24, 2.45) is 20.8 Å². The van der Waals surface area contributed by atoms with Crippen molar-refractivity contribution in [1.82, 2.24) is 0 Å². The number of amidine groups is 1. The Morgan fingerprint density at radius 1 is 1.22 bits per heavy atom. The summed E-state index contributed by atoms with van der Waals surface area (Å²) < 4.78 is 26.5. The lowest BCUT2D eigenvalue weighted by molar-refractivity contribution is 0.0997. The van der Waals surface area contributed by atoms with Crippen LogP contribution in [0.15, 0.2) is 9.98 Å². The van der Waals surface area contributed by atoms with Gasteiger partial charge in [-0.2, -0.15) is 0 Å². The molecule has 0 aromatic carbocycles. The van der Waals surface area contributed by atoms with Crippen LogP contribution in [-0.2, 0) is 0 Å². The van der Waals surface area contributed by atoms with Gasteiger partial charge >= 0.3 is 0 Å². The van der Waals surface area contributed by atoms with Crippen LogP contribution >= 0.6 is 0 Å². The summed E-state index contributed by atoms with van der Waals surface area (Å²) in [5, 5.41) is 0. The van der Waals surface area contributed by atoms with Crippen molar-refractivity contribution < 1.29 is 8.78 Å². The minimum Gasteiger partial charge on any atom is -0.264 e. The largest absolute Gasteiger partial charge is 0.285 e. The van der Waals surface area contributed by atoms with E-state index in [2.05, 4.69) is 16.9 Å². The van der Waals surface area contributed by atoms with Gasteiger partial charge in [0.2, 0.25) is 0 Å². The summed E-state index contributed by atoms with van der Waals surface area (Å²) >= 11 is 0. The molecule has 4 heteroatoms. The molecule has 0 N–H and O–H groups in total. The van der Waals surface area contributed by atoms with Crippen molar-refractivity contribution in [1.29, 1.82) is 0 Å². The Kier molecular flexibility index (Phi) is 2.46. The molecule has 0 saturated heterocycles. The quantitative estimate of drug-likeness (QED) is 0.730. The fraction of sp³-hybridized carbons (Fsp3) is 0.857. The van der Waals surface area contributed by atoms with Crippen molar-refractivity contribution in [2.45, 2.75) is 58.3 Å². The van der Waals surface area contributed by atoms with E-state index < -0.39 is 5.92 Å². The summed E-state index contributed by atoms with van der Waals surface area (Å²) in [6, 6.07) is 0. The topological polar surface area (TPSA) is 24.7 Å². The van der Waals surface area contributed by atoms with Crippen LogP contribution in [0.1, 0.15) is 52.4 Å². The van der Waals surface area contributed by atoms with Crippen LogP contribution in [0, 0.1) is 10.8 Å². The molecule has 3 aliphatic rings. The van der Waals surface area contributed by atoms with Gasteiger partial charge in [0.25, 0.3) is 5.92 Å². The predicted octanol–water partition coefficient (Wildman–Crippen LogP) is 3.86. The average molecular weight is 254 g/mol. The maximum atomic E-state index is 13.3. The van der Waals surface area contributed by atoms with Crippen molar-refractivity contribution in [2.75, 3.05) is 6.54 Å². The third-order valence-corrected chi connectivity index (χ3v) is 5.33. The van der Waals surface area contributed by atoms with Gasteiger partial charge in [0.1, 0.15) is 11.5 Å². The highest BCUT2D eigenvalue weighted by atomic mass is 19.3. The number of nitrogens with zero attached hydrogens (tertiary/aromatic N) is 2. The Labute approximate surface area is 107 Å². The van der Waals surface area contributed by atoms with Crippen LogP contribution in [-0.4, -0.2) is 24.0 Å². The lowest BCUT2D eigenvalue weighted by atomic mass is 9.80. The van der Waals surface area contributed by atoms with Gasteiger partial charge < -0.3 is 0 Å². The first-order chi connectivity index (χ1) is 8.39. The van der Waals surface area contributed by atoms with Crippen molar-refractivity contribution in [3.63, 3.8) is 0 Å². The van der Waals surface area contributed by atoms with Gasteiger partial charge in [0, 0.05) is 12.3 Å². The number of alkyl halides is 2. The molecule has 0 aromatic rings. The van der Waals surface area contributed by atoms with E-state index in [0.717, 1.165) is 32.0 Å². The number of fused-ring (bicyclic) bond motifs is 2. The molecule has 2 saturated carbocycles. The Morgan fingerprint density at radius 3 is 2.33 bits per heavy atom. The smallest absolute Gasteiger partial charge is 0.264 e. The standard InChI is InChI=1S/C14H20F2N2/c1-3-13-4-6-14(9-13,7-5-13)11-17-8-10(18-11)12(2,15)16/h3-9H2,1-2H3. The number of rotatable bonds is 3. The number of hydrogen-bond acceptors (Lipinski definition) is 2. The predicted molar refractivity (Wildman–Crippen MR) is 68.6 cm³/mol. The number of halogens is 2. The zero-order valence-electron chi connectivity index (χ0n) is 11.1. The summed E-state index contributed by atoms with van der Waals surface area (Å²) in [5.41, 5.74) is 0.436. The van der Waals surface area contributed by atoms with Crippen LogP contribution in [0.3, 0.4) is 0 Å². The molecule has 0 unspecified atom stereocenters. The Morgan fingerprint density at radius 2 is 1.89 bits per heavy atom. The van der Waals surface area contributed by atoms with E-state index in [-0.39, 0.29) is 17.7 Å². The highest BCUT2D eigenvalue weighted by Crippen LogP contribution is 2.63. The second-order valence-corrected chi connectivity index (χ2v) is 6.40. The van der Waals surface area contributed by atoms with Gasteiger partial charge in [-0.05, 0) is 37.5 Å². The lowest BCUT2D eigenvalue weighted by Crippen LogP contribution is -2.27. The summed E-state index contributed by atoms with van der Waals surface area (Å²) in [5.74, 6) is -2.09. The van der Waals surface area contributed by atoms with Crippen LogP contribution in [0.5, 0.6) is 0 Å². The maximum Gasteiger partial charge on any atom is 0.285 e. The van der Waals surface area contributed by atoms with Gasteiger partial charge in [-0.15, -0.1) is 0 Å². The number of aliphatic imine (C=N–C) groups is 2. The molecule has 18 heavy (non-hydrogen) atoms. The molecule has 1 aliphatic heterocycles. The fourth-order valence-electron chi connectivity index (χ4n) is 3.98. The van der Waals surface area contributed by atoms with Gasteiger partial charge in [-0.1, -0.05) is 13.3 Å².